The number of carbonyl (C=O) groups excluding carboxylic acids is 1. The maximum absolute atomic E-state index is 11.2. The van der Waals surface area contributed by atoms with E-state index in [0.29, 0.717) is 0 Å². The van der Waals surface area contributed by atoms with Crippen LogP contribution in [0.4, 0.5) is 0 Å². The summed E-state index contributed by atoms with van der Waals surface area (Å²) in [7, 11) is 0. The van der Waals surface area contributed by atoms with Crippen LogP contribution in [-0.4, -0.2) is 23.7 Å². The first-order valence-electron chi connectivity index (χ1n) is 4.90. The van der Waals surface area contributed by atoms with Gasteiger partial charge in [-0.05, 0) is 11.6 Å². The van der Waals surface area contributed by atoms with Crippen molar-refractivity contribution in [2.75, 3.05) is 6.61 Å². The lowest BCUT2D eigenvalue weighted by molar-refractivity contribution is -0.138. The van der Waals surface area contributed by atoms with E-state index in [1.54, 1.807) is 6.08 Å². The molecule has 17 heavy (non-hydrogen) atoms. The maximum Gasteiger partial charge on any atom is 0.334 e. The van der Waals surface area contributed by atoms with Gasteiger partial charge in [0.15, 0.2) is 0 Å². The van der Waals surface area contributed by atoms with E-state index < -0.39 is 11.9 Å². The van der Waals surface area contributed by atoms with Crippen molar-refractivity contribution in [2.24, 2.45) is 0 Å². The molecule has 88 valence electrons. The fourth-order valence-electron chi connectivity index (χ4n) is 0.997. The van der Waals surface area contributed by atoms with Crippen LogP contribution in [0.15, 0.2) is 48.6 Å². The molecule has 1 rings (SSSR count). The molecular weight excluding hydrogens is 220 g/mol. The molecule has 0 aliphatic carbocycles. The van der Waals surface area contributed by atoms with Crippen molar-refractivity contribution in [1.29, 1.82) is 0 Å². The molecule has 0 amide bonds. The number of rotatable bonds is 5. The Hall–Kier alpha value is -2.36. The van der Waals surface area contributed by atoms with Crippen LogP contribution in [0.1, 0.15) is 5.56 Å². The summed E-state index contributed by atoms with van der Waals surface area (Å²) >= 11 is 0. The lowest BCUT2D eigenvalue weighted by Gasteiger charge is -2.00. The summed E-state index contributed by atoms with van der Waals surface area (Å²) in [6.45, 7) is 2.93. The van der Waals surface area contributed by atoms with E-state index in [9.17, 15) is 9.59 Å². The van der Waals surface area contributed by atoms with Crippen LogP contribution < -0.4 is 0 Å². The lowest BCUT2D eigenvalue weighted by Crippen LogP contribution is -2.10. The number of esters is 1. The average Bonchev–Trinajstić information content (AvgIpc) is 2.34. The van der Waals surface area contributed by atoms with Gasteiger partial charge in [0.05, 0.1) is 5.57 Å². The van der Waals surface area contributed by atoms with Crippen LogP contribution in [0.2, 0.25) is 0 Å². The van der Waals surface area contributed by atoms with Gasteiger partial charge < -0.3 is 9.84 Å². The van der Waals surface area contributed by atoms with Crippen molar-refractivity contribution in [3.8, 4) is 0 Å². The van der Waals surface area contributed by atoms with E-state index in [0.717, 1.165) is 5.56 Å². The number of carboxylic acids is 1. The SMILES string of the molecule is C=C(COC(=O)C=Cc1ccccc1)C(=O)O. The summed E-state index contributed by atoms with van der Waals surface area (Å²) in [5.74, 6) is -1.78. The van der Waals surface area contributed by atoms with Crippen LogP contribution in [0.5, 0.6) is 0 Å². The van der Waals surface area contributed by atoms with Crippen molar-refractivity contribution in [2.45, 2.75) is 0 Å². The summed E-state index contributed by atoms with van der Waals surface area (Å²) in [4.78, 5) is 21.6. The topological polar surface area (TPSA) is 63.6 Å². The quantitative estimate of drug-likeness (QED) is 0.622. The zero-order valence-electron chi connectivity index (χ0n) is 9.13. The number of aliphatic carboxylic acids is 1. The van der Waals surface area contributed by atoms with E-state index in [4.69, 9.17) is 5.11 Å². The molecule has 0 aromatic heterocycles. The van der Waals surface area contributed by atoms with Gasteiger partial charge in [-0.15, -0.1) is 0 Å². The number of hydrogen-bond donors (Lipinski definition) is 1. The Morgan fingerprint density at radius 1 is 1.29 bits per heavy atom. The highest BCUT2D eigenvalue weighted by Crippen LogP contribution is 2.01. The van der Waals surface area contributed by atoms with Crippen molar-refractivity contribution in [3.05, 3.63) is 54.1 Å². The fraction of sp³-hybridized carbons (Fsp3) is 0.0769. The Bertz CT molecular complexity index is 446. The summed E-state index contributed by atoms with van der Waals surface area (Å²) in [5.41, 5.74) is 0.702. The second-order valence-electron chi connectivity index (χ2n) is 3.26. The third-order valence-corrected chi connectivity index (χ3v) is 1.90. The van der Waals surface area contributed by atoms with Crippen molar-refractivity contribution < 1.29 is 19.4 Å². The molecule has 4 nitrogen and oxygen atoms in total. The first-order valence-corrected chi connectivity index (χ1v) is 4.90. The first kappa shape index (κ1) is 12.7. The number of ether oxygens (including phenoxy) is 1. The molecule has 0 saturated heterocycles. The zero-order valence-corrected chi connectivity index (χ0v) is 9.13. The third-order valence-electron chi connectivity index (χ3n) is 1.90. The van der Waals surface area contributed by atoms with Gasteiger partial charge in [-0.3, -0.25) is 0 Å². The number of hydrogen-bond acceptors (Lipinski definition) is 3. The fourth-order valence-corrected chi connectivity index (χ4v) is 0.997. The Morgan fingerprint density at radius 2 is 1.94 bits per heavy atom. The van der Waals surface area contributed by atoms with Crippen LogP contribution in [0, 0.1) is 0 Å². The molecule has 0 heterocycles. The monoisotopic (exact) mass is 232 g/mol. The van der Waals surface area contributed by atoms with Gasteiger partial charge in [0.1, 0.15) is 6.61 Å². The Balaban J connectivity index is 2.43. The number of benzene rings is 1. The van der Waals surface area contributed by atoms with Crippen LogP contribution in [-0.2, 0) is 14.3 Å². The molecule has 4 heteroatoms. The zero-order chi connectivity index (χ0) is 12.7. The second-order valence-corrected chi connectivity index (χ2v) is 3.26. The van der Waals surface area contributed by atoms with E-state index in [-0.39, 0.29) is 12.2 Å². The minimum absolute atomic E-state index is 0.161. The summed E-state index contributed by atoms with van der Waals surface area (Å²) < 4.78 is 4.68. The van der Waals surface area contributed by atoms with Crippen molar-refractivity contribution >= 4 is 18.0 Å². The number of carbonyl (C=O) groups is 2. The molecule has 1 N–H and O–H groups in total. The Kier molecular flexibility index (Phi) is 4.69. The van der Waals surface area contributed by atoms with Crippen molar-refractivity contribution in [3.63, 3.8) is 0 Å². The molecular formula is C13H12O4. The molecule has 0 atom stereocenters. The highest BCUT2D eigenvalue weighted by Gasteiger charge is 2.05. The van der Waals surface area contributed by atoms with Crippen molar-refractivity contribution in [1.82, 2.24) is 0 Å². The molecule has 0 aliphatic heterocycles. The molecule has 0 radical (unpaired) electrons. The summed E-state index contributed by atoms with van der Waals surface area (Å²) in [6, 6.07) is 9.22. The van der Waals surface area contributed by atoms with Gasteiger partial charge in [-0.25, -0.2) is 9.59 Å². The lowest BCUT2D eigenvalue weighted by atomic mass is 10.2. The Labute approximate surface area is 98.8 Å². The number of carboxylic acid groups (broad SMARTS) is 1. The smallest absolute Gasteiger partial charge is 0.334 e. The molecule has 1 aromatic rings. The molecule has 0 spiro atoms. The van der Waals surface area contributed by atoms with Gasteiger partial charge in [0.2, 0.25) is 0 Å². The molecule has 0 bridgehead atoms. The largest absolute Gasteiger partial charge is 0.478 e. The maximum atomic E-state index is 11.2. The highest BCUT2D eigenvalue weighted by atomic mass is 16.5. The van der Waals surface area contributed by atoms with Gasteiger partial charge in [-0.1, -0.05) is 36.9 Å². The summed E-state index contributed by atoms with van der Waals surface area (Å²) in [6.07, 6.45) is 2.83. The molecule has 1 aromatic carbocycles. The Morgan fingerprint density at radius 3 is 2.53 bits per heavy atom. The molecule has 0 unspecified atom stereocenters. The van der Waals surface area contributed by atoms with Gasteiger partial charge in [-0.2, -0.15) is 0 Å². The minimum atomic E-state index is -1.18. The van der Waals surface area contributed by atoms with Gasteiger partial charge >= 0.3 is 11.9 Å². The predicted molar refractivity (Wildman–Crippen MR) is 63.2 cm³/mol. The first-order chi connectivity index (χ1) is 8.09. The molecule has 0 saturated carbocycles. The predicted octanol–water partition coefficient (Wildman–Crippen LogP) is 1.88. The molecule has 0 aliphatic rings. The second kappa shape index (κ2) is 6.27. The van der Waals surface area contributed by atoms with Gasteiger partial charge in [0.25, 0.3) is 0 Å². The molecule has 0 fully saturated rings. The van der Waals surface area contributed by atoms with Gasteiger partial charge in [0, 0.05) is 6.08 Å². The van der Waals surface area contributed by atoms with E-state index in [1.807, 2.05) is 30.3 Å². The van der Waals surface area contributed by atoms with Crippen LogP contribution in [0.3, 0.4) is 0 Å². The third kappa shape index (κ3) is 4.79. The van der Waals surface area contributed by atoms with E-state index >= 15 is 0 Å². The van der Waals surface area contributed by atoms with Crippen LogP contribution >= 0.6 is 0 Å². The standard InChI is InChI=1S/C13H12O4/c1-10(13(15)16)9-17-12(14)8-7-11-5-3-2-4-6-11/h2-8H,1,9H2,(H,15,16). The minimum Gasteiger partial charge on any atom is -0.478 e. The highest BCUT2D eigenvalue weighted by molar-refractivity contribution is 5.89. The van der Waals surface area contributed by atoms with Crippen LogP contribution in [0.25, 0.3) is 6.08 Å². The average molecular weight is 232 g/mol. The van der Waals surface area contributed by atoms with E-state index in [2.05, 4.69) is 11.3 Å². The summed E-state index contributed by atoms with van der Waals surface area (Å²) in [5, 5.41) is 8.49. The normalized spacial score (nSPS) is 10.1. The van der Waals surface area contributed by atoms with E-state index in [1.165, 1.54) is 6.08 Å².